The molecular weight excluding hydrogens is 367 g/mol. The molecule has 2 atom stereocenters. The normalized spacial score (nSPS) is 31.1. The number of hydrogen-bond donors (Lipinski definition) is 1. The highest BCUT2D eigenvalue weighted by atomic mass is 32.2. The summed E-state index contributed by atoms with van der Waals surface area (Å²) in [6.45, 7) is 2.13. The van der Waals surface area contributed by atoms with E-state index in [0.29, 0.717) is 37.4 Å². The van der Waals surface area contributed by atoms with Crippen LogP contribution in [0.3, 0.4) is 0 Å². The first kappa shape index (κ1) is 19.7. The molecule has 0 bridgehead atoms. The third-order valence-electron chi connectivity index (χ3n) is 5.85. The van der Waals surface area contributed by atoms with Crippen LogP contribution in [0.2, 0.25) is 0 Å². The Kier molecular flexibility index (Phi) is 5.40. The molecule has 148 valence electrons. The Morgan fingerprint density at radius 1 is 1.15 bits per heavy atom. The zero-order valence-corrected chi connectivity index (χ0v) is 15.7. The summed E-state index contributed by atoms with van der Waals surface area (Å²) in [5, 5.41) is 4.63. The van der Waals surface area contributed by atoms with Gasteiger partial charge in [-0.25, -0.2) is 18.5 Å². The molecule has 0 spiro atoms. The Morgan fingerprint density at radius 3 is 2.35 bits per heavy atom. The number of nitrogens with zero attached hydrogens (tertiary/aromatic N) is 2. The first-order chi connectivity index (χ1) is 12.1. The number of rotatable bonds is 3. The minimum absolute atomic E-state index is 0.0332. The number of imidazole rings is 1. The van der Waals surface area contributed by atoms with E-state index < -0.39 is 27.1 Å². The summed E-state index contributed by atoms with van der Waals surface area (Å²) in [5.74, 6) is 1.03. The summed E-state index contributed by atoms with van der Waals surface area (Å²) in [4.78, 5) is 3.98. The highest BCUT2D eigenvalue weighted by molar-refractivity contribution is 7.89. The van der Waals surface area contributed by atoms with Crippen LogP contribution in [0.5, 0.6) is 0 Å². The number of nitrogens with two attached hydrogens (primary N) is 1. The molecule has 5 nitrogen and oxygen atoms in total. The van der Waals surface area contributed by atoms with E-state index in [-0.39, 0.29) is 12.0 Å². The Hall–Kier alpha value is -1.09. The van der Waals surface area contributed by atoms with Crippen molar-refractivity contribution in [1.82, 2.24) is 9.55 Å². The van der Waals surface area contributed by atoms with Gasteiger partial charge >= 0.3 is 6.18 Å². The van der Waals surface area contributed by atoms with Gasteiger partial charge in [0.15, 0.2) is 5.69 Å². The average molecular weight is 393 g/mol. The largest absolute Gasteiger partial charge is 0.434 e. The van der Waals surface area contributed by atoms with Crippen LogP contribution in [-0.4, -0.2) is 23.2 Å². The van der Waals surface area contributed by atoms with Crippen molar-refractivity contribution in [2.75, 3.05) is 0 Å². The molecule has 3 rings (SSSR count). The number of hydrogen-bond acceptors (Lipinski definition) is 3. The fourth-order valence-electron chi connectivity index (χ4n) is 4.46. The van der Waals surface area contributed by atoms with Crippen LogP contribution in [0, 0.1) is 5.92 Å². The predicted molar refractivity (Wildman–Crippen MR) is 92.0 cm³/mol. The maximum atomic E-state index is 13.2. The van der Waals surface area contributed by atoms with Gasteiger partial charge in [0.25, 0.3) is 0 Å². The Morgan fingerprint density at radius 2 is 1.81 bits per heavy atom. The second-order valence-electron chi connectivity index (χ2n) is 7.88. The van der Waals surface area contributed by atoms with Gasteiger partial charge < -0.3 is 4.57 Å². The summed E-state index contributed by atoms with van der Waals surface area (Å²) in [7, 11) is -3.59. The molecule has 2 aliphatic carbocycles. The van der Waals surface area contributed by atoms with Crippen LogP contribution in [-0.2, 0) is 16.2 Å². The van der Waals surface area contributed by atoms with Crippen molar-refractivity contribution < 1.29 is 21.6 Å². The highest BCUT2D eigenvalue weighted by Crippen LogP contribution is 2.41. The van der Waals surface area contributed by atoms with Gasteiger partial charge in [0.1, 0.15) is 5.82 Å². The van der Waals surface area contributed by atoms with Crippen molar-refractivity contribution in [2.45, 2.75) is 81.7 Å². The fourth-order valence-corrected chi connectivity index (χ4v) is 5.39. The Labute approximate surface area is 152 Å². The van der Waals surface area contributed by atoms with Crippen LogP contribution in [0.15, 0.2) is 6.20 Å². The first-order valence-electron chi connectivity index (χ1n) is 9.23. The molecule has 26 heavy (non-hydrogen) atoms. The zero-order valence-electron chi connectivity index (χ0n) is 14.9. The molecule has 1 aromatic rings. The van der Waals surface area contributed by atoms with Crippen LogP contribution >= 0.6 is 0 Å². The van der Waals surface area contributed by atoms with Crippen molar-refractivity contribution in [2.24, 2.45) is 11.1 Å². The summed E-state index contributed by atoms with van der Waals surface area (Å²) in [5.41, 5.74) is -0.848. The molecule has 0 saturated heterocycles. The number of alkyl halides is 3. The standard InChI is InChI=1S/C17H26F3N3O2S/c1-11-3-2-4-12(9-11)16-22-15(17(18,19)20)10-23(16)13-5-7-14(8-6-13)26(21,24)25/h10-14H,2-9H2,1H3,(H2,21,24,25). The van der Waals surface area contributed by atoms with E-state index in [1.807, 2.05) is 0 Å². The summed E-state index contributed by atoms with van der Waals surface area (Å²) in [6, 6.07) is -0.149. The third kappa shape index (κ3) is 4.24. The molecule has 2 N–H and O–H groups in total. The number of primary sulfonamides is 1. The summed E-state index contributed by atoms with van der Waals surface area (Å²) >= 11 is 0. The van der Waals surface area contributed by atoms with Crippen LogP contribution in [0.25, 0.3) is 0 Å². The van der Waals surface area contributed by atoms with Gasteiger partial charge in [-0.15, -0.1) is 0 Å². The SMILES string of the molecule is CC1CCCC(c2nc(C(F)(F)F)cn2C2CCC(S(N)(=O)=O)CC2)C1. The monoisotopic (exact) mass is 393 g/mol. The van der Waals surface area contributed by atoms with Crippen LogP contribution in [0.1, 0.15) is 81.8 Å². The number of aromatic nitrogens is 2. The van der Waals surface area contributed by atoms with Gasteiger partial charge in [0, 0.05) is 18.2 Å². The molecule has 0 aromatic carbocycles. The molecule has 9 heteroatoms. The van der Waals surface area contributed by atoms with Crippen molar-refractivity contribution in [1.29, 1.82) is 0 Å². The lowest BCUT2D eigenvalue weighted by Gasteiger charge is -2.32. The average Bonchev–Trinajstić information content (AvgIpc) is 3.00. The van der Waals surface area contributed by atoms with Gasteiger partial charge in [0.2, 0.25) is 10.0 Å². The molecule has 2 aliphatic rings. The van der Waals surface area contributed by atoms with Crippen molar-refractivity contribution in [3.8, 4) is 0 Å². The molecule has 0 amide bonds. The molecular formula is C17H26F3N3O2S. The summed E-state index contributed by atoms with van der Waals surface area (Å²) < 4.78 is 64.5. The minimum atomic E-state index is -4.47. The lowest BCUT2D eigenvalue weighted by atomic mass is 9.81. The van der Waals surface area contributed by atoms with Gasteiger partial charge in [-0.1, -0.05) is 19.8 Å². The molecule has 1 heterocycles. The van der Waals surface area contributed by atoms with Crippen LogP contribution < -0.4 is 5.14 Å². The van der Waals surface area contributed by atoms with E-state index in [1.54, 1.807) is 4.57 Å². The van der Waals surface area contributed by atoms with Crippen LogP contribution in [0.4, 0.5) is 13.2 Å². The minimum Gasteiger partial charge on any atom is -0.331 e. The highest BCUT2D eigenvalue weighted by Gasteiger charge is 2.38. The smallest absolute Gasteiger partial charge is 0.331 e. The molecule has 0 radical (unpaired) electrons. The zero-order chi connectivity index (χ0) is 19.1. The molecule has 2 unspecified atom stereocenters. The van der Waals surface area contributed by atoms with E-state index in [1.165, 1.54) is 0 Å². The van der Waals surface area contributed by atoms with Crippen molar-refractivity contribution in [3.05, 3.63) is 17.7 Å². The Bertz CT molecular complexity index is 737. The fraction of sp³-hybridized carbons (Fsp3) is 0.824. The maximum absolute atomic E-state index is 13.2. The van der Waals surface area contributed by atoms with Gasteiger partial charge in [-0.2, -0.15) is 13.2 Å². The van der Waals surface area contributed by atoms with Gasteiger partial charge in [-0.3, -0.25) is 0 Å². The lowest BCUT2D eigenvalue weighted by molar-refractivity contribution is -0.141. The number of halogens is 3. The van der Waals surface area contributed by atoms with Gasteiger partial charge in [-0.05, 0) is 44.4 Å². The molecule has 2 fully saturated rings. The third-order valence-corrected chi connectivity index (χ3v) is 7.26. The molecule has 2 saturated carbocycles. The lowest BCUT2D eigenvalue weighted by Crippen LogP contribution is -2.33. The predicted octanol–water partition coefficient (Wildman–Crippen LogP) is 3.97. The second kappa shape index (κ2) is 7.14. The number of sulfonamides is 1. The molecule has 1 aromatic heterocycles. The van der Waals surface area contributed by atoms with Crippen molar-refractivity contribution in [3.63, 3.8) is 0 Å². The molecule has 0 aliphatic heterocycles. The van der Waals surface area contributed by atoms with Gasteiger partial charge in [0.05, 0.1) is 5.25 Å². The topological polar surface area (TPSA) is 78.0 Å². The maximum Gasteiger partial charge on any atom is 0.434 e. The van der Waals surface area contributed by atoms with E-state index >= 15 is 0 Å². The van der Waals surface area contributed by atoms with E-state index in [2.05, 4.69) is 11.9 Å². The first-order valence-corrected chi connectivity index (χ1v) is 10.8. The summed E-state index contributed by atoms with van der Waals surface area (Å²) in [6.07, 6.45) is 2.21. The quantitative estimate of drug-likeness (QED) is 0.844. The van der Waals surface area contributed by atoms with Crippen molar-refractivity contribution >= 4 is 10.0 Å². The van der Waals surface area contributed by atoms with E-state index in [0.717, 1.165) is 31.9 Å². The van der Waals surface area contributed by atoms with E-state index in [9.17, 15) is 21.6 Å². The Balaban J connectivity index is 1.87. The second-order valence-corrected chi connectivity index (χ2v) is 9.72. The van der Waals surface area contributed by atoms with E-state index in [4.69, 9.17) is 5.14 Å².